The van der Waals surface area contributed by atoms with Crippen LogP contribution in [0.2, 0.25) is 0 Å². The molecule has 0 unspecified atom stereocenters. The molecule has 2 aromatic rings. The number of hydrogen-bond acceptors (Lipinski definition) is 5. The third-order valence-corrected chi connectivity index (χ3v) is 7.38. The van der Waals surface area contributed by atoms with E-state index in [2.05, 4.69) is 17.0 Å². The summed E-state index contributed by atoms with van der Waals surface area (Å²) in [7, 11) is -3.47. The van der Waals surface area contributed by atoms with Crippen molar-refractivity contribution in [1.82, 2.24) is 9.21 Å². The molecule has 156 valence electrons. The second-order valence-electron chi connectivity index (χ2n) is 7.78. The molecule has 7 heteroatoms. The van der Waals surface area contributed by atoms with Gasteiger partial charge < -0.3 is 9.47 Å². The van der Waals surface area contributed by atoms with E-state index in [9.17, 15) is 8.42 Å². The quantitative estimate of drug-likeness (QED) is 0.750. The number of fused-ring (bicyclic) bond motifs is 1. The molecular weight excluding hydrogens is 388 g/mol. The average molecular weight is 417 g/mol. The summed E-state index contributed by atoms with van der Waals surface area (Å²) < 4.78 is 39.3. The Bertz CT molecular complexity index is 927. The molecule has 2 aliphatic heterocycles. The minimum Gasteiger partial charge on any atom is -0.492 e. The van der Waals surface area contributed by atoms with Gasteiger partial charge in [0.2, 0.25) is 10.0 Å². The molecule has 0 radical (unpaired) electrons. The standard InChI is InChI=1S/C22H28N2O4S/c1-18-16-28-22-8-7-20(14-23-9-11-27-12-10-23)13-21(22)15-24(18)29(25,26)17-19-5-3-2-4-6-19/h2-8,13,18H,9-12,14-17H2,1H3/t18-/m0/s1. The van der Waals surface area contributed by atoms with Crippen LogP contribution in [0.3, 0.4) is 0 Å². The first-order valence-electron chi connectivity index (χ1n) is 10.1. The first-order chi connectivity index (χ1) is 14.0. The van der Waals surface area contributed by atoms with Gasteiger partial charge in [-0.25, -0.2) is 8.42 Å². The van der Waals surface area contributed by atoms with Gasteiger partial charge in [0, 0.05) is 31.7 Å². The van der Waals surface area contributed by atoms with Gasteiger partial charge in [0.05, 0.1) is 25.0 Å². The van der Waals surface area contributed by atoms with E-state index in [4.69, 9.17) is 9.47 Å². The molecule has 2 aromatic carbocycles. The molecule has 0 aliphatic carbocycles. The normalized spacial score (nSPS) is 21.2. The summed E-state index contributed by atoms with van der Waals surface area (Å²) in [4.78, 5) is 2.36. The third kappa shape index (κ3) is 4.98. The maximum atomic E-state index is 13.2. The lowest BCUT2D eigenvalue weighted by molar-refractivity contribution is 0.0342. The van der Waals surface area contributed by atoms with Crippen LogP contribution in [-0.4, -0.2) is 56.6 Å². The lowest BCUT2D eigenvalue weighted by Crippen LogP contribution is -2.40. The molecule has 0 saturated carbocycles. The van der Waals surface area contributed by atoms with Crippen LogP contribution in [0.1, 0.15) is 23.6 Å². The van der Waals surface area contributed by atoms with Crippen LogP contribution in [-0.2, 0) is 33.6 Å². The van der Waals surface area contributed by atoms with Gasteiger partial charge in [0.1, 0.15) is 12.4 Å². The van der Waals surface area contributed by atoms with Crippen LogP contribution in [0.4, 0.5) is 0 Å². The zero-order valence-corrected chi connectivity index (χ0v) is 17.6. The Hall–Kier alpha value is -1.93. The number of ether oxygens (including phenoxy) is 2. The number of hydrogen-bond donors (Lipinski definition) is 0. The van der Waals surface area contributed by atoms with Crippen LogP contribution in [0.15, 0.2) is 48.5 Å². The van der Waals surface area contributed by atoms with Gasteiger partial charge in [-0.05, 0) is 30.2 Å². The average Bonchev–Trinajstić information content (AvgIpc) is 2.88. The monoisotopic (exact) mass is 416 g/mol. The fourth-order valence-corrected chi connectivity index (χ4v) is 5.59. The molecule has 1 fully saturated rings. The molecule has 6 nitrogen and oxygen atoms in total. The highest BCUT2D eigenvalue weighted by Crippen LogP contribution is 2.29. The number of benzene rings is 2. The van der Waals surface area contributed by atoms with Crippen molar-refractivity contribution in [3.05, 3.63) is 65.2 Å². The Morgan fingerprint density at radius 2 is 1.79 bits per heavy atom. The largest absolute Gasteiger partial charge is 0.492 e. The van der Waals surface area contributed by atoms with E-state index in [1.807, 2.05) is 43.3 Å². The molecule has 0 spiro atoms. The maximum Gasteiger partial charge on any atom is 0.218 e. The van der Waals surface area contributed by atoms with Crippen LogP contribution in [0.25, 0.3) is 0 Å². The first kappa shape index (κ1) is 20.3. The molecule has 0 amide bonds. The molecule has 2 heterocycles. The van der Waals surface area contributed by atoms with Crippen LogP contribution in [0, 0.1) is 0 Å². The Morgan fingerprint density at radius 1 is 1.03 bits per heavy atom. The minimum atomic E-state index is -3.47. The Morgan fingerprint density at radius 3 is 2.55 bits per heavy atom. The van der Waals surface area contributed by atoms with Crippen molar-refractivity contribution < 1.29 is 17.9 Å². The number of sulfonamides is 1. The zero-order chi connectivity index (χ0) is 20.3. The Kier molecular flexibility index (Phi) is 6.20. The predicted octanol–water partition coefficient (Wildman–Crippen LogP) is 2.63. The highest BCUT2D eigenvalue weighted by atomic mass is 32.2. The van der Waals surface area contributed by atoms with Gasteiger partial charge in [-0.1, -0.05) is 36.4 Å². The molecule has 0 bridgehead atoms. The number of morpholine rings is 1. The van der Waals surface area contributed by atoms with Crippen molar-refractivity contribution >= 4 is 10.0 Å². The van der Waals surface area contributed by atoms with Crippen molar-refractivity contribution in [3.63, 3.8) is 0 Å². The van der Waals surface area contributed by atoms with Crippen LogP contribution >= 0.6 is 0 Å². The fraction of sp³-hybridized carbons (Fsp3) is 0.455. The lowest BCUT2D eigenvalue weighted by atomic mass is 10.1. The van der Waals surface area contributed by atoms with Gasteiger partial charge in [-0.3, -0.25) is 4.90 Å². The van der Waals surface area contributed by atoms with E-state index in [0.29, 0.717) is 13.2 Å². The molecule has 2 aliphatic rings. The summed E-state index contributed by atoms with van der Waals surface area (Å²) in [5.41, 5.74) is 2.90. The molecule has 0 N–H and O–H groups in total. The zero-order valence-electron chi connectivity index (χ0n) is 16.8. The molecule has 1 atom stereocenters. The SMILES string of the molecule is C[C@H]1COc2ccc(CN3CCOCC3)cc2CN1S(=O)(=O)Cc1ccccc1. The number of rotatable bonds is 5. The fourth-order valence-electron chi connectivity index (χ4n) is 3.87. The third-order valence-electron chi connectivity index (χ3n) is 5.48. The van der Waals surface area contributed by atoms with E-state index in [1.165, 1.54) is 5.56 Å². The van der Waals surface area contributed by atoms with Gasteiger partial charge >= 0.3 is 0 Å². The second kappa shape index (κ2) is 8.83. The highest BCUT2D eigenvalue weighted by Gasteiger charge is 2.31. The van der Waals surface area contributed by atoms with Crippen LogP contribution < -0.4 is 4.74 Å². The van der Waals surface area contributed by atoms with E-state index in [0.717, 1.165) is 49.7 Å². The van der Waals surface area contributed by atoms with E-state index in [-0.39, 0.29) is 11.8 Å². The first-order valence-corrected chi connectivity index (χ1v) is 11.7. The Balaban J connectivity index is 1.54. The van der Waals surface area contributed by atoms with Gasteiger partial charge in [-0.2, -0.15) is 4.31 Å². The maximum absolute atomic E-state index is 13.2. The topological polar surface area (TPSA) is 59.1 Å². The minimum absolute atomic E-state index is 0.000974. The van der Waals surface area contributed by atoms with Gasteiger partial charge in [0.15, 0.2) is 0 Å². The van der Waals surface area contributed by atoms with Gasteiger partial charge in [0.25, 0.3) is 0 Å². The highest BCUT2D eigenvalue weighted by molar-refractivity contribution is 7.88. The van der Waals surface area contributed by atoms with Crippen molar-refractivity contribution in [2.45, 2.75) is 31.8 Å². The molecule has 1 saturated heterocycles. The summed E-state index contributed by atoms with van der Waals surface area (Å²) in [6, 6.07) is 15.3. The van der Waals surface area contributed by atoms with E-state index >= 15 is 0 Å². The van der Waals surface area contributed by atoms with Crippen LogP contribution in [0.5, 0.6) is 5.75 Å². The lowest BCUT2D eigenvalue weighted by Gasteiger charge is -2.27. The summed E-state index contributed by atoms with van der Waals surface area (Å²) in [5, 5.41) is 0. The molecule has 4 rings (SSSR count). The summed E-state index contributed by atoms with van der Waals surface area (Å²) in [6.07, 6.45) is 0. The summed E-state index contributed by atoms with van der Waals surface area (Å²) in [6.45, 7) is 6.79. The van der Waals surface area contributed by atoms with Crippen molar-refractivity contribution in [2.75, 3.05) is 32.9 Å². The molecule has 0 aromatic heterocycles. The van der Waals surface area contributed by atoms with Crippen molar-refractivity contribution in [1.29, 1.82) is 0 Å². The summed E-state index contributed by atoms with van der Waals surface area (Å²) in [5.74, 6) is 0.779. The van der Waals surface area contributed by atoms with E-state index < -0.39 is 10.0 Å². The van der Waals surface area contributed by atoms with Gasteiger partial charge in [-0.15, -0.1) is 0 Å². The van der Waals surface area contributed by atoms with Crippen molar-refractivity contribution in [2.24, 2.45) is 0 Å². The smallest absolute Gasteiger partial charge is 0.218 e. The van der Waals surface area contributed by atoms with Crippen molar-refractivity contribution in [3.8, 4) is 5.75 Å². The molecular formula is C22H28N2O4S. The molecule has 29 heavy (non-hydrogen) atoms. The van der Waals surface area contributed by atoms with E-state index in [1.54, 1.807) is 4.31 Å². The second-order valence-corrected chi connectivity index (χ2v) is 9.70. The number of nitrogens with zero attached hydrogens (tertiary/aromatic N) is 2. The predicted molar refractivity (Wildman–Crippen MR) is 112 cm³/mol. The Labute approximate surface area is 173 Å². The summed E-state index contributed by atoms with van der Waals surface area (Å²) >= 11 is 0.